The Morgan fingerprint density at radius 2 is 1.85 bits per heavy atom. The van der Waals surface area contributed by atoms with Gasteiger partial charge in [-0.05, 0) is 57.9 Å². The van der Waals surface area contributed by atoms with Gasteiger partial charge >= 0.3 is 0 Å². The summed E-state index contributed by atoms with van der Waals surface area (Å²) in [5.41, 5.74) is 0.309. The second-order valence-electron chi connectivity index (χ2n) is 7.77. The van der Waals surface area contributed by atoms with Crippen molar-refractivity contribution in [1.29, 1.82) is 0 Å². The van der Waals surface area contributed by atoms with Crippen molar-refractivity contribution in [2.24, 2.45) is 11.3 Å². The number of hydrogen-bond acceptors (Lipinski definition) is 3. The van der Waals surface area contributed by atoms with Gasteiger partial charge in [0.2, 0.25) is 0 Å². The molecule has 116 valence electrons. The quantitative estimate of drug-likeness (QED) is 0.785. The molecule has 0 spiro atoms. The fourth-order valence-electron chi connectivity index (χ4n) is 4.59. The smallest absolute Gasteiger partial charge is 0.0655 e. The van der Waals surface area contributed by atoms with Crippen molar-refractivity contribution in [1.82, 2.24) is 10.6 Å². The molecule has 1 aliphatic carbocycles. The fourth-order valence-corrected chi connectivity index (χ4v) is 4.59. The highest BCUT2D eigenvalue weighted by molar-refractivity contribution is 5.02. The van der Waals surface area contributed by atoms with Gasteiger partial charge < -0.3 is 15.4 Å². The van der Waals surface area contributed by atoms with Crippen molar-refractivity contribution in [2.45, 2.75) is 83.5 Å². The molecule has 4 unspecified atom stereocenters. The summed E-state index contributed by atoms with van der Waals surface area (Å²) in [4.78, 5) is 0. The fraction of sp³-hybridized carbons (Fsp3) is 1.00. The summed E-state index contributed by atoms with van der Waals surface area (Å²) in [6, 6.07) is 2.32. The highest BCUT2D eigenvalue weighted by atomic mass is 16.5. The molecule has 0 aromatic rings. The molecule has 0 aromatic heterocycles. The summed E-state index contributed by atoms with van der Waals surface area (Å²) in [6.45, 7) is 8.83. The molecule has 2 bridgehead atoms. The molecule has 3 aliphatic rings. The van der Waals surface area contributed by atoms with Gasteiger partial charge in [0.15, 0.2) is 0 Å². The molecule has 3 fully saturated rings. The van der Waals surface area contributed by atoms with Crippen LogP contribution in [0.3, 0.4) is 0 Å². The van der Waals surface area contributed by atoms with Crippen LogP contribution in [0.4, 0.5) is 0 Å². The lowest BCUT2D eigenvalue weighted by Gasteiger charge is -2.52. The second-order valence-corrected chi connectivity index (χ2v) is 7.77. The van der Waals surface area contributed by atoms with Gasteiger partial charge in [-0.2, -0.15) is 0 Å². The minimum atomic E-state index is 0.309. The minimum Gasteiger partial charge on any atom is -0.378 e. The van der Waals surface area contributed by atoms with E-state index in [4.69, 9.17) is 4.74 Å². The van der Waals surface area contributed by atoms with Crippen LogP contribution < -0.4 is 10.6 Å². The summed E-state index contributed by atoms with van der Waals surface area (Å²) in [7, 11) is 0. The molecule has 20 heavy (non-hydrogen) atoms. The molecule has 0 radical (unpaired) electrons. The average Bonchev–Trinajstić information content (AvgIpc) is 2.76. The first-order valence-corrected chi connectivity index (χ1v) is 8.70. The predicted molar refractivity (Wildman–Crippen MR) is 82.9 cm³/mol. The Labute approximate surface area is 124 Å². The van der Waals surface area contributed by atoms with Crippen LogP contribution in [0.2, 0.25) is 0 Å². The van der Waals surface area contributed by atoms with Crippen LogP contribution in [0, 0.1) is 11.3 Å². The molecule has 4 atom stereocenters. The van der Waals surface area contributed by atoms with E-state index in [-0.39, 0.29) is 0 Å². The number of piperidine rings is 1. The zero-order valence-electron chi connectivity index (χ0n) is 13.5. The normalized spacial score (nSPS) is 42.5. The number of rotatable bonds is 6. The highest BCUT2D eigenvalue weighted by Crippen LogP contribution is 2.42. The van der Waals surface area contributed by atoms with Crippen LogP contribution in [-0.4, -0.2) is 37.4 Å². The van der Waals surface area contributed by atoms with Crippen LogP contribution in [0.15, 0.2) is 0 Å². The maximum atomic E-state index is 5.81. The van der Waals surface area contributed by atoms with Crippen LogP contribution in [0.25, 0.3) is 0 Å². The van der Waals surface area contributed by atoms with Crippen molar-refractivity contribution in [2.75, 3.05) is 13.2 Å². The molecular weight excluding hydrogens is 248 g/mol. The zero-order valence-corrected chi connectivity index (χ0v) is 13.5. The van der Waals surface area contributed by atoms with Crippen LogP contribution in [-0.2, 0) is 4.74 Å². The highest BCUT2D eigenvalue weighted by Gasteiger charge is 2.48. The lowest BCUT2D eigenvalue weighted by molar-refractivity contribution is -0.114. The maximum absolute atomic E-state index is 5.81. The number of fused-ring (bicyclic) bond motifs is 2. The molecule has 2 N–H and O–H groups in total. The van der Waals surface area contributed by atoms with Gasteiger partial charge in [0.25, 0.3) is 0 Å². The summed E-state index contributed by atoms with van der Waals surface area (Å²) in [5, 5.41) is 7.53. The van der Waals surface area contributed by atoms with Gasteiger partial charge in [0.05, 0.1) is 6.10 Å². The van der Waals surface area contributed by atoms with Gasteiger partial charge in [-0.15, -0.1) is 0 Å². The SMILES string of the molecule is CCOC1CC(NCCC2CC3CCC(C2)N3)C1(C)C. The van der Waals surface area contributed by atoms with Crippen molar-refractivity contribution in [3.8, 4) is 0 Å². The Hall–Kier alpha value is -0.120. The molecule has 1 saturated carbocycles. The van der Waals surface area contributed by atoms with E-state index in [9.17, 15) is 0 Å². The lowest BCUT2D eigenvalue weighted by atomic mass is 9.64. The predicted octanol–water partition coefficient (Wildman–Crippen LogP) is 2.70. The van der Waals surface area contributed by atoms with Crippen molar-refractivity contribution < 1.29 is 4.74 Å². The topological polar surface area (TPSA) is 33.3 Å². The molecule has 3 heteroatoms. The van der Waals surface area contributed by atoms with Gasteiger partial charge in [0, 0.05) is 30.1 Å². The average molecular weight is 280 g/mol. The molecule has 3 nitrogen and oxygen atoms in total. The Morgan fingerprint density at radius 3 is 2.45 bits per heavy atom. The lowest BCUT2D eigenvalue weighted by Crippen LogP contribution is -2.61. The Bertz CT molecular complexity index is 319. The van der Waals surface area contributed by atoms with Crippen molar-refractivity contribution in [3.05, 3.63) is 0 Å². The molecule has 0 amide bonds. The van der Waals surface area contributed by atoms with Gasteiger partial charge in [-0.1, -0.05) is 13.8 Å². The number of ether oxygens (including phenoxy) is 1. The van der Waals surface area contributed by atoms with Crippen molar-refractivity contribution >= 4 is 0 Å². The molecule has 2 aliphatic heterocycles. The first-order valence-electron chi connectivity index (χ1n) is 8.70. The zero-order chi connectivity index (χ0) is 14.2. The Balaban J connectivity index is 1.36. The van der Waals surface area contributed by atoms with E-state index >= 15 is 0 Å². The standard InChI is InChI=1S/C17H32N2O/c1-4-20-16-11-15(17(16,2)3)18-8-7-12-9-13-5-6-14(10-12)19-13/h12-16,18-19H,4-11H2,1-3H3. The number of nitrogens with one attached hydrogen (secondary N) is 2. The molecule has 3 rings (SSSR count). The third-order valence-electron chi connectivity index (χ3n) is 6.06. The summed E-state index contributed by atoms with van der Waals surface area (Å²) in [5.74, 6) is 0.951. The van der Waals surface area contributed by atoms with Crippen LogP contribution in [0.5, 0.6) is 0 Å². The molecular formula is C17H32N2O. The Kier molecular flexibility index (Phi) is 4.40. The second kappa shape index (κ2) is 5.94. The van der Waals surface area contributed by atoms with Gasteiger partial charge in [-0.25, -0.2) is 0 Å². The molecule has 2 saturated heterocycles. The first kappa shape index (κ1) is 14.8. The van der Waals surface area contributed by atoms with E-state index in [1.165, 1.54) is 45.1 Å². The largest absolute Gasteiger partial charge is 0.378 e. The van der Waals surface area contributed by atoms with Gasteiger partial charge in [-0.3, -0.25) is 0 Å². The van der Waals surface area contributed by atoms with Crippen LogP contribution in [0.1, 0.15) is 59.3 Å². The van der Waals surface area contributed by atoms with E-state index in [0.29, 0.717) is 17.6 Å². The van der Waals surface area contributed by atoms with E-state index in [1.807, 2.05) is 0 Å². The van der Waals surface area contributed by atoms with E-state index in [0.717, 1.165) is 24.6 Å². The van der Waals surface area contributed by atoms with Crippen LogP contribution >= 0.6 is 0 Å². The third-order valence-corrected chi connectivity index (χ3v) is 6.06. The van der Waals surface area contributed by atoms with Crippen molar-refractivity contribution in [3.63, 3.8) is 0 Å². The summed E-state index contributed by atoms with van der Waals surface area (Å²) < 4.78 is 5.81. The van der Waals surface area contributed by atoms with Gasteiger partial charge in [0.1, 0.15) is 0 Å². The maximum Gasteiger partial charge on any atom is 0.0655 e. The minimum absolute atomic E-state index is 0.309. The summed E-state index contributed by atoms with van der Waals surface area (Å²) in [6.07, 6.45) is 8.67. The summed E-state index contributed by atoms with van der Waals surface area (Å²) >= 11 is 0. The van der Waals surface area contributed by atoms with E-state index in [2.05, 4.69) is 31.4 Å². The third kappa shape index (κ3) is 2.90. The molecule has 0 aromatic carbocycles. The molecule has 2 heterocycles. The first-order chi connectivity index (χ1) is 9.59. The van der Waals surface area contributed by atoms with E-state index < -0.39 is 0 Å². The monoisotopic (exact) mass is 280 g/mol. The Morgan fingerprint density at radius 1 is 1.15 bits per heavy atom. The van der Waals surface area contributed by atoms with E-state index in [1.54, 1.807) is 0 Å². The number of hydrogen-bond donors (Lipinski definition) is 2.